The van der Waals surface area contributed by atoms with Crippen LogP contribution >= 0.6 is 36.4 Å². The first-order valence-electron chi connectivity index (χ1n) is 6.52. The molecule has 0 aromatic heterocycles. The van der Waals surface area contributed by atoms with E-state index in [4.69, 9.17) is 23.1 Å². The summed E-state index contributed by atoms with van der Waals surface area (Å²) in [6, 6.07) is 14.1. The van der Waals surface area contributed by atoms with Crippen LogP contribution in [0.4, 0.5) is 5.69 Å². The lowest BCUT2D eigenvalue weighted by Crippen LogP contribution is -2.19. The van der Waals surface area contributed by atoms with E-state index >= 15 is 0 Å². The fraction of sp³-hybridized carbons (Fsp3) is 0.250. The van der Waals surface area contributed by atoms with E-state index in [0.717, 1.165) is 23.6 Å². The quantitative estimate of drug-likeness (QED) is 0.802. The van der Waals surface area contributed by atoms with Crippen molar-refractivity contribution in [3.63, 3.8) is 0 Å². The zero-order valence-corrected chi connectivity index (χ0v) is 13.8. The van der Waals surface area contributed by atoms with Gasteiger partial charge in [-0.05, 0) is 59.7 Å². The molecule has 0 spiro atoms. The van der Waals surface area contributed by atoms with Crippen molar-refractivity contribution in [2.45, 2.75) is 18.9 Å². The maximum Gasteiger partial charge on any atom is 0.0408 e. The molecule has 0 aliphatic heterocycles. The van der Waals surface area contributed by atoms with Gasteiger partial charge in [0.05, 0.1) is 0 Å². The Balaban J connectivity index is 0.00000110. The predicted octanol–water partition coefficient (Wildman–Crippen LogP) is 4.18. The number of anilines is 1. The van der Waals surface area contributed by atoms with Gasteiger partial charge in [0.25, 0.3) is 0 Å². The number of rotatable bonds is 2. The number of benzene rings is 2. The van der Waals surface area contributed by atoms with Crippen LogP contribution in [0.5, 0.6) is 0 Å². The van der Waals surface area contributed by atoms with Crippen molar-refractivity contribution in [1.29, 1.82) is 0 Å². The SMILES string of the molecule is Cl.Cl.Nc1ccc2c(c1)C(N)C(Cc1cccc(Cl)c1)C2. The van der Waals surface area contributed by atoms with Gasteiger partial charge in [0.2, 0.25) is 0 Å². The molecule has 5 heteroatoms. The standard InChI is InChI=1S/C16H17ClN2.2ClH/c17-13-3-1-2-10(7-13)6-12-8-11-4-5-14(18)9-15(11)16(12)19;;/h1-5,7,9,12,16H,6,8,18-19H2;2*1H. The molecular formula is C16H19Cl3N2. The third kappa shape index (κ3) is 3.83. The highest BCUT2D eigenvalue weighted by atomic mass is 35.5. The van der Waals surface area contributed by atoms with E-state index in [9.17, 15) is 0 Å². The Hall–Kier alpha value is -0.930. The summed E-state index contributed by atoms with van der Waals surface area (Å²) in [5, 5.41) is 0.783. The predicted molar refractivity (Wildman–Crippen MR) is 94.6 cm³/mol. The summed E-state index contributed by atoms with van der Waals surface area (Å²) in [4.78, 5) is 0. The Labute approximate surface area is 142 Å². The van der Waals surface area contributed by atoms with Gasteiger partial charge in [-0.15, -0.1) is 24.8 Å². The molecule has 0 radical (unpaired) electrons. The number of halogens is 3. The van der Waals surface area contributed by atoms with E-state index in [1.807, 2.05) is 30.3 Å². The zero-order valence-electron chi connectivity index (χ0n) is 11.5. The van der Waals surface area contributed by atoms with Crippen LogP contribution in [0, 0.1) is 5.92 Å². The van der Waals surface area contributed by atoms with Crippen molar-refractivity contribution >= 4 is 42.1 Å². The lowest BCUT2D eigenvalue weighted by atomic mass is 9.93. The van der Waals surface area contributed by atoms with Crippen LogP contribution in [-0.2, 0) is 12.8 Å². The molecular weight excluding hydrogens is 327 g/mol. The highest BCUT2D eigenvalue weighted by Crippen LogP contribution is 2.37. The van der Waals surface area contributed by atoms with Gasteiger partial charge in [0, 0.05) is 16.8 Å². The smallest absolute Gasteiger partial charge is 0.0408 e. The van der Waals surface area contributed by atoms with Crippen LogP contribution in [0.2, 0.25) is 5.02 Å². The highest BCUT2D eigenvalue weighted by molar-refractivity contribution is 6.30. The Morgan fingerprint density at radius 2 is 1.86 bits per heavy atom. The Morgan fingerprint density at radius 1 is 1.10 bits per heavy atom. The number of nitrogens with two attached hydrogens (primary N) is 2. The second-order valence-electron chi connectivity index (χ2n) is 5.28. The van der Waals surface area contributed by atoms with Crippen molar-refractivity contribution < 1.29 is 0 Å². The molecule has 21 heavy (non-hydrogen) atoms. The van der Waals surface area contributed by atoms with Crippen LogP contribution < -0.4 is 11.5 Å². The van der Waals surface area contributed by atoms with Gasteiger partial charge in [0.1, 0.15) is 0 Å². The maximum atomic E-state index is 6.36. The van der Waals surface area contributed by atoms with Crippen molar-refractivity contribution in [3.05, 3.63) is 64.2 Å². The molecule has 2 unspecified atom stereocenters. The maximum absolute atomic E-state index is 6.36. The van der Waals surface area contributed by atoms with E-state index in [0.29, 0.717) is 5.92 Å². The molecule has 3 rings (SSSR count). The van der Waals surface area contributed by atoms with E-state index in [1.54, 1.807) is 0 Å². The van der Waals surface area contributed by atoms with Crippen molar-refractivity contribution in [1.82, 2.24) is 0 Å². The lowest BCUT2D eigenvalue weighted by molar-refractivity contribution is 0.465. The number of fused-ring (bicyclic) bond motifs is 1. The molecule has 0 heterocycles. The lowest BCUT2D eigenvalue weighted by Gasteiger charge is -2.16. The molecule has 0 bridgehead atoms. The molecule has 0 saturated carbocycles. The summed E-state index contributed by atoms with van der Waals surface area (Å²) < 4.78 is 0. The van der Waals surface area contributed by atoms with Gasteiger partial charge in [0.15, 0.2) is 0 Å². The molecule has 2 aromatic carbocycles. The van der Waals surface area contributed by atoms with Crippen molar-refractivity contribution in [2.75, 3.05) is 5.73 Å². The molecule has 1 aliphatic carbocycles. The average Bonchev–Trinajstić information content (AvgIpc) is 2.67. The van der Waals surface area contributed by atoms with E-state index in [-0.39, 0.29) is 30.9 Å². The topological polar surface area (TPSA) is 52.0 Å². The third-order valence-corrected chi connectivity index (χ3v) is 4.14. The molecule has 114 valence electrons. The first-order chi connectivity index (χ1) is 9.13. The van der Waals surface area contributed by atoms with Crippen LogP contribution in [-0.4, -0.2) is 0 Å². The molecule has 2 aromatic rings. The largest absolute Gasteiger partial charge is 0.399 e. The molecule has 2 atom stereocenters. The first kappa shape index (κ1) is 18.1. The number of hydrogen-bond donors (Lipinski definition) is 2. The van der Waals surface area contributed by atoms with Crippen LogP contribution in [0.25, 0.3) is 0 Å². The fourth-order valence-electron chi connectivity index (χ4n) is 2.94. The molecule has 4 N–H and O–H groups in total. The summed E-state index contributed by atoms with van der Waals surface area (Å²) in [6.07, 6.45) is 1.97. The summed E-state index contributed by atoms with van der Waals surface area (Å²) in [6.45, 7) is 0. The summed E-state index contributed by atoms with van der Waals surface area (Å²) in [5.41, 5.74) is 16.8. The number of hydrogen-bond acceptors (Lipinski definition) is 2. The Kier molecular flexibility index (Phi) is 6.36. The first-order valence-corrected chi connectivity index (χ1v) is 6.89. The summed E-state index contributed by atoms with van der Waals surface area (Å²) in [7, 11) is 0. The fourth-order valence-corrected chi connectivity index (χ4v) is 3.15. The van der Waals surface area contributed by atoms with Crippen molar-refractivity contribution in [3.8, 4) is 0 Å². The van der Waals surface area contributed by atoms with Gasteiger partial charge >= 0.3 is 0 Å². The minimum atomic E-state index is 0. The van der Waals surface area contributed by atoms with E-state index < -0.39 is 0 Å². The van der Waals surface area contributed by atoms with Gasteiger partial charge in [-0.3, -0.25) is 0 Å². The Morgan fingerprint density at radius 3 is 2.57 bits per heavy atom. The van der Waals surface area contributed by atoms with Gasteiger partial charge < -0.3 is 11.5 Å². The minimum absolute atomic E-state index is 0. The summed E-state index contributed by atoms with van der Waals surface area (Å²) in [5.74, 6) is 0.426. The van der Waals surface area contributed by atoms with Gasteiger partial charge in [-0.2, -0.15) is 0 Å². The van der Waals surface area contributed by atoms with Crippen molar-refractivity contribution in [2.24, 2.45) is 11.7 Å². The van der Waals surface area contributed by atoms with Crippen LogP contribution in [0.1, 0.15) is 22.7 Å². The molecule has 2 nitrogen and oxygen atoms in total. The molecule has 0 saturated heterocycles. The zero-order chi connectivity index (χ0) is 13.4. The second-order valence-corrected chi connectivity index (χ2v) is 5.72. The average molecular weight is 346 g/mol. The minimum Gasteiger partial charge on any atom is -0.399 e. The van der Waals surface area contributed by atoms with Gasteiger partial charge in [-0.25, -0.2) is 0 Å². The highest BCUT2D eigenvalue weighted by Gasteiger charge is 2.29. The van der Waals surface area contributed by atoms with Gasteiger partial charge in [-0.1, -0.05) is 29.8 Å². The van der Waals surface area contributed by atoms with Crippen LogP contribution in [0.15, 0.2) is 42.5 Å². The van der Waals surface area contributed by atoms with Crippen LogP contribution in [0.3, 0.4) is 0 Å². The second kappa shape index (κ2) is 7.37. The molecule has 0 fully saturated rings. The summed E-state index contributed by atoms with van der Waals surface area (Å²) >= 11 is 6.03. The Bertz CT molecular complexity index is 616. The molecule has 1 aliphatic rings. The normalized spacial score (nSPS) is 19.3. The van der Waals surface area contributed by atoms with E-state index in [1.165, 1.54) is 16.7 Å². The number of nitrogen functional groups attached to an aromatic ring is 1. The molecule has 0 amide bonds. The van der Waals surface area contributed by atoms with E-state index in [2.05, 4.69) is 12.1 Å². The third-order valence-electron chi connectivity index (χ3n) is 3.91. The monoisotopic (exact) mass is 344 g/mol.